The van der Waals surface area contributed by atoms with E-state index in [0.717, 1.165) is 6.34 Å². The number of carboxylic acid groups (broad SMARTS) is 2. The Kier molecular flexibility index (Phi) is 2.63. The predicted octanol–water partition coefficient (Wildman–Crippen LogP) is -1.64. The van der Waals surface area contributed by atoms with Gasteiger partial charge in [0.25, 0.3) is 0 Å². The molecule has 64 valence electrons. The van der Waals surface area contributed by atoms with Gasteiger partial charge in [0.2, 0.25) is 0 Å². The van der Waals surface area contributed by atoms with Crippen LogP contribution >= 0.6 is 20.7 Å². The molecule has 1 aliphatic rings. The lowest BCUT2D eigenvalue weighted by Crippen LogP contribution is -2.30. The summed E-state index contributed by atoms with van der Waals surface area (Å²) in [7, 11) is 0. The van der Waals surface area contributed by atoms with Gasteiger partial charge in [-0.05, 0) is 20.7 Å². The Balaban J connectivity index is 2.99. The molecule has 0 aromatic heterocycles. The Morgan fingerprint density at radius 2 is 2.25 bits per heavy atom. The highest BCUT2D eigenvalue weighted by molar-refractivity contribution is 14.2. The molecule has 1 rings (SSSR count). The third-order valence-corrected chi connectivity index (χ3v) is 3.35. The highest BCUT2D eigenvalue weighted by atomic mass is 127. The highest BCUT2D eigenvalue weighted by Gasteiger charge is 2.11. The second kappa shape index (κ2) is 3.52. The Morgan fingerprint density at radius 1 is 1.58 bits per heavy atom. The normalized spacial score (nSPS) is 15.7. The standard InChI is InChI=1S/C5H3IN2O4/c9-4(10)2-6-3(5(11)12)8-1-7-2/h1H,(H,9,10)(H,11,12)/p-1. The average molecular weight is 281 g/mol. The molecule has 6 nitrogen and oxygen atoms in total. The molecule has 0 saturated heterocycles. The molecule has 0 bridgehead atoms. The molecule has 0 saturated carbocycles. The molecule has 0 radical (unpaired) electrons. The number of halogens is 1. The molecule has 0 aromatic rings. The minimum Gasteiger partial charge on any atom is -0.543 e. The number of hydrogen-bond donors (Lipinski definition) is 1. The van der Waals surface area contributed by atoms with Gasteiger partial charge in [-0.1, -0.05) is 0 Å². The summed E-state index contributed by atoms with van der Waals surface area (Å²) in [5.74, 6) is -2.62. The second-order valence-corrected chi connectivity index (χ2v) is 4.23. The average Bonchev–Trinajstić information content (AvgIpc) is 2.04. The van der Waals surface area contributed by atoms with Gasteiger partial charge in [0.05, 0.1) is 5.97 Å². The van der Waals surface area contributed by atoms with Crippen molar-refractivity contribution in [2.24, 2.45) is 9.98 Å². The van der Waals surface area contributed by atoms with Crippen molar-refractivity contribution in [2.45, 2.75) is 0 Å². The molecular formula is C5H2IN2O4-. The zero-order chi connectivity index (χ0) is 9.14. The monoisotopic (exact) mass is 281 g/mol. The molecule has 1 heterocycles. The minimum absolute atomic E-state index is 0.136. The van der Waals surface area contributed by atoms with Gasteiger partial charge in [-0.3, -0.25) is 0 Å². The molecule has 0 aliphatic carbocycles. The maximum absolute atomic E-state index is 10.3. The zero-order valence-electron chi connectivity index (χ0n) is 5.52. The van der Waals surface area contributed by atoms with E-state index in [1.165, 1.54) is 0 Å². The lowest BCUT2D eigenvalue weighted by atomic mass is 10.7. The van der Waals surface area contributed by atoms with Crippen LogP contribution in [0.4, 0.5) is 0 Å². The fourth-order valence-corrected chi connectivity index (χ4v) is 1.91. The molecular weight excluding hydrogens is 279 g/mol. The van der Waals surface area contributed by atoms with Crippen molar-refractivity contribution >= 4 is 46.4 Å². The highest BCUT2D eigenvalue weighted by Crippen LogP contribution is 2.09. The molecule has 0 atom stereocenters. The van der Waals surface area contributed by atoms with E-state index >= 15 is 0 Å². The first kappa shape index (κ1) is 8.97. The molecule has 0 spiro atoms. The third kappa shape index (κ3) is 1.94. The van der Waals surface area contributed by atoms with E-state index in [4.69, 9.17) is 5.11 Å². The van der Waals surface area contributed by atoms with E-state index < -0.39 is 32.7 Å². The first-order valence-electron chi connectivity index (χ1n) is 2.68. The van der Waals surface area contributed by atoms with Crippen LogP contribution in [0.25, 0.3) is 0 Å². The lowest BCUT2D eigenvalue weighted by molar-refractivity contribution is -0.293. The van der Waals surface area contributed by atoms with Gasteiger partial charge in [0, 0.05) is 0 Å². The van der Waals surface area contributed by atoms with E-state index in [1.54, 1.807) is 0 Å². The predicted molar refractivity (Wildman–Crippen MR) is 47.6 cm³/mol. The fourth-order valence-electron chi connectivity index (χ4n) is 0.451. The van der Waals surface area contributed by atoms with Gasteiger partial charge in [0.15, 0.2) is 3.72 Å². The van der Waals surface area contributed by atoms with Crippen LogP contribution in [0.1, 0.15) is 0 Å². The summed E-state index contributed by atoms with van der Waals surface area (Å²) in [6.07, 6.45) is 0.914. The number of carboxylic acids is 2. The molecule has 0 amide bonds. The third-order valence-electron chi connectivity index (χ3n) is 0.866. The van der Waals surface area contributed by atoms with Gasteiger partial charge in [0.1, 0.15) is 9.97 Å². The maximum Gasteiger partial charge on any atom is 0.360 e. The first-order chi connectivity index (χ1) is 5.61. The summed E-state index contributed by atoms with van der Waals surface area (Å²) >= 11 is -1.29. The van der Waals surface area contributed by atoms with Gasteiger partial charge in [-0.2, -0.15) is 0 Å². The fraction of sp³-hybridized carbons (Fsp3) is 0. The summed E-state index contributed by atoms with van der Waals surface area (Å²) in [4.78, 5) is 27.4. The number of nitrogens with zero attached hydrogens (tertiary/aromatic N) is 2. The van der Waals surface area contributed by atoms with Crippen molar-refractivity contribution < 1.29 is 19.8 Å². The van der Waals surface area contributed by atoms with Crippen LogP contribution < -0.4 is 5.11 Å². The number of aliphatic imine (C=N–C) groups is 2. The van der Waals surface area contributed by atoms with Gasteiger partial charge in [-0.25, -0.2) is 14.8 Å². The van der Waals surface area contributed by atoms with Crippen LogP contribution in [-0.4, -0.2) is 30.7 Å². The Hall–Kier alpha value is -1.12. The molecule has 1 aliphatic heterocycles. The van der Waals surface area contributed by atoms with E-state index in [1.807, 2.05) is 0 Å². The summed E-state index contributed by atoms with van der Waals surface area (Å²) in [6.45, 7) is 0. The van der Waals surface area contributed by atoms with Crippen LogP contribution in [0.3, 0.4) is 0 Å². The molecule has 0 aromatic carbocycles. The smallest absolute Gasteiger partial charge is 0.360 e. The van der Waals surface area contributed by atoms with Gasteiger partial charge in [-0.15, -0.1) is 0 Å². The SMILES string of the molecule is O=C([O-])C1=IC(C(=O)O)=NC=N1. The Labute approximate surface area is 76.4 Å². The van der Waals surface area contributed by atoms with Crippen molar-refractivity contribution in [1.29, 1.82) is 0 Å². The molecule has 0 unspecified atom stereocenters. The van der Waals surface area contributed by atoms with Crippen LogP contribution in [-0.2, 0) is 9.59 Å². The van der Waals surface area contributed by atoms with Crippen LogP contribution in [0.15, 0.2) is 9.98 Å². The van der Waals surface area contributed by atoms with Crippen molar-refractivity contribution in [1.82, 2.24) is 0 Å². The number of hydrogen-bond acceptors (Lipinski definition) is 5. The molecule has 7 heteroatoms. The summed E-state index contributed by atoms with van der Waals surface area (Å²) in [6, 6.07) is 0. The van der Waals surface area contributed by atoms with Crippen LogP contribution in [0.2, 0.25) is 0 Å². The van der Waals surface area contributed by atoms with Crippen LogP contribution in [0.5, 0.6) is 0 Å². The summed E-state index contributed by atoms with van der Waals surface area (Å²) in [5.41, 5.74) is 0. The van der Waals surface area contributed by atoms with Crippen molar-refractivity contribution in [3.63, 3.8) is 0 Å². The molecule has 1 N–H and O–H groups in total. The molecule has 0 fully saturated rings. The minimum atomic E-state index is -1.42. The lowest BCUT2D eigenvalue weighted by Gasteiger charge is -2.03. The summed E-state index contributed by atoms with van der Waals surface area (Å²) in [5, 5.41) is 18.7. The van der Waals surface area contributed by atoms with Gasteiger partial charge < -0.3 is 15.0 Å². The quantitative estimate of drug-likeness (QED) is 0.613. The number of carbonyl (C=O) groups is 2. The number of rotatable bonds is 2. The zero-order valence-corrected chi connectivity index (χ0v) is 7.68. The van der Waals surface area contributed by atoms with E-state index in [9.17, 15) is 14.7 Å². The van der Waals surface area contributed by atoms with Crippen molar-refractivity contribution in [3.05, 3.63) is 0 Å². The van der Waals surface area contributed by atoms with E-state index in [0.29, 0.717) is 0 Å². The van der Waals surface area contributed by atoms with Crippen molar-refractivity contribution in [2.75, 3.05) is 0 Å². The first-order valence-corrected chi connectivity index (χ1v) is 4.84. The topological polar surface area (TPSA) is 102 Å². The Bertz CT molecular complexity index is 316. The van der Waals surface area contributed by atoms with E-state index in [2.05, 4.69) is 9.98 Å². The summed E-state index contributed by atoms with van der Waals surface area (Å²) < 4.78 is -0.343. The second-order valence-electron chi connectivity index (χ2n) is 1.64. The largest absolute Gasteiger partial charge is 0.543 e. The maximum atomic E-state index is 10.3. The number of aliphatic carboxylic acids is 2. The van der Waals surface area contributed by atoms with Gasteiger partial charge >= 0.3 is 5.97 Å². The number of carbonyl (C=O) groups excluding carboxylic acids is 1. The molecule has 12 heavy (non-hydrogen) atoms. The van der Waals surface area contributed by atoms with E-state index in [-0.39, 0.29) is 7.35 Å². The Morgan fingerprint density at radius 3 is 2.75 bits per heavy atom. The van der Waals surface area contributed by atoms with Crippen molar-refractivity contribution in [3.8, 4) is 0 Å². The van der Waals surface area contributed by atoms with Crippen LogP contribution in [0, 0.1) is 0 Å².